The standard InChI is InChI=1S/C35H37NO5/c1-25(36-35(3,4)22-27-15-18-31(19-16-27)41-26(2)37)34(38)30-17-20-32(39-23-28-11-7-5-8-12-28)33(21-30)40-24-29-13-9-6-10-14-29/h5-21,25,36H,22-24H2,1-4H3. The van der Waals surface area contributed by atoms with E-state index in [1.807, 2.05) is 79.7 Å². The molecule has 0 saturated carbocycles. The van der Waals surface area contributed by atoms with Gasteiger partial charge in [0.25, 0.3) is 0 Å². The number of hydrogen-bond donors (Lipinski definition) is 1. The van der Waals surface area contributed by atoms with Gasteiger partial charge in [-0.15, -0.1) is 0 Å². The van der Waals surface area contributed by atoms with Gasteiger partial charge in [0.1, 0.15) is 19.0 Å². The molecule has 212 valence electrons. The molecule has 1 unspecified atom stereocenters. The van der Waals surface area contributed by atoms with Crippen LogP contribution in [-0.2, 0) is 24.4 Å². The Morgan fingerprint density at radius 3 is 1.85 bits per heavy atom. The number of ketones is 1. The summed E-state index contributed by atoms with van der Waals surface area (Å²) in [6.07, 6.45) is 0.683. The van der Waals surface area contributed by atoms with Crippen molar-refractivity contribution in [3.63, 3.8) is 0 Å². The molecule has 0 saturated heterocycles. The molecule has 0 aliphatic heterocycles. The molecule has 4 rings (SSSR count). The van der Waals surface area contributed by atoms with Gasteiger partial charge in [-0.05, 0) is 74.2 Å². The molecule has 0 fully saturated rings. The minimum Gasteiger partial charge on any atom is -0.485 e. The van der Waals surface area contributed by atoms with Crippen molar-refractivity contribution in [1.82, 2.24) is 5.32 Å². The zero-order valence-corrected chi connectivity index (χ0v) is 24.1. The number of ether oxygens (including phenoxy) is 3. The summed E-state index contributed by atoms with van der Waals surface area (Å²) in [5.41, 5.74) is 3.30. The van der Waals surface area contributed by atoms with Crippen LogP contribution in [0.2, 0.25) is 0 Å². The van der Waals surface area contributed by atoms with Crippen molar-refractivity contribution in [2.24, 2.45) is 0 Å². The van der Waals surface area contributed by atoms with Crippen molar-refractivity contribution in [3.8, 4) is 17.2 Å². The maximum Gasteiger partial charge on any atom is 0.308 e. The fraction of sp³-hybridized carbons (Fsp3) is 0.257. The van der Waals surface area contributed by atoms with E-state index in [1.165, 1.54) is 6.92 Å². The maximum atomic E-state index is 13.5. The van der Waals surface area contributed by atoms with E-state index in [2.05, 4.69) is 19.2 Å². The summed E-state index contributed by atoms with van der Waals surface area (Å²) in [5, 5.41) is 3.48. The minimum absolute atomic E-state index is 0.0394. The quantitative estimate of drug-likeness (QED) is 0.110. The summed E-state index contributed by atoms with van der Waals surface area (Å²) in [4.78, 5) is 24.7. The van der Waals surface area contributed by atoms with Crippen molar-refractivity contribution >= 4 is 11.8 Å². The molecule has 0 aliphatic rings. The van der Waals surface area contributed by atoms with E-state index < -0.39 is 6.04 Å². The van der Waals surface area contributed by atoms with E-state index in [-0.39, 0.29) is 17.3 Å². The van der Waals surface area contributed by atoms with Crippen LogP contribution in [0.25, 0.3) is 0 Å². The SMILES string of the molecule is CC(=O)Oc1ccc(CC(C)(C)NC(C)C(=O)c2ccc(OCc3ccccc3)c(OCc3ccccc3)c2)cc1. The van der Waals surface area contributed by atoms with Gasteiger partial charge < -0.3 is 19.5 Å². The van der Waals surface area contributed by atoms with Gasteiger partial charge in [0.05, 0.1) is 6.04 Å². The number of rotatable bonds is 13. The first-order valence-corrected chi connectivity index (χ1v) is 13.8. The first-order valence-electron chi connectivity index (χ1n) is 13.8. The minimum atomic E-state index is -0.441. The largest absolute Gasteiger partial charge is 0.485 e. The van der Waals surface area contributed by atoms with Crippen molar-refractivity contribution in [3.05, 3.63) is 125 Å². The molecule has 0 amide bonds. The molecule has 0 spiro atoms. The van der Waals surface area contributed by atoms with Gasteiger partial charge >= 0.3 is 5.97 Å². The normalized spacial score (nSPS) is 11.9. The highest BCUT2D eigenvalue weighted by Crippen LogP contribution is 2.31. The summed E-state index contributed by atoms with van der Waals surface area (Å²) >= 11 is 0. The molecule has 1 atom stereocenters. The molecule has 0 aliphatic carbocycles. The zero-order valence-electron chi connectivity index (χ0n) is 24.1. The highest BCUT2D eigenvalue weighted by Gasteiger charge is 2.26. The second kappa shape index (κ2) is 13.8. The van der Waals surface area contributed by atoms with Crippen LogP contribution in [0, 0.1) is 0 Å². The van der Waals surface area contributed by atoms with Gasteiger partial charge in [-0.1, -0.05) is 72.8 Å². The molecular formula is C35H37NO5. The van der Waals surface area contributed by atoms with Crippen LogP contribution in [0.1, 0.15) is 54.7 Å². The number of hydrogen-bond acceptors (Lipinski definition) is 6. The lowest BCUT2D eigenvalue weighted by atomic mass is 9.92. The Morgan fingerprint density at radius 1 is 0.732 bits per heavy atom. The molecule has 0 aromatic heterocycles. The van der Waals surface area contributed by atoms with E-state index in [0.29, 0.717) is 42.4 Å². The Balaban J connectivity index is 1.45. The summed E-state index contributed by atoms with van der Waals surface area (Å²) < 4.78 is 17.4. The molecule has 6 heteroatoms. The van der Waals surface area contributed by atoms with Crippen LogP contribution < -0.4 is 19.5 Å². The van der Waals surface area contributed by atoms with Crippen LogP contribution in [0.3, 0.4) is 0 Å². The summed E-state index contributed by atoms with van der Waals surface area (Å²) in [7, 11) is 0. The topological polar surface area (TPSA) is 73.9 Å². The molecule has 0 heterocycles. The lowest BCUT2D eigenvalue weighted by Crippen LogP contribution is -2.49. The zero-order chi connectivity index (χ0) is 29.2. The third kappa shape index (κ3) is 9.05. The lowest BCUT2D eigenvalue weighted by molar-refractivity contribution is -0.131. The maximum absolute atomic E-state index is 13.5. The molecule has 0 radical (unpaired) electrons. The van der Waals surface area contributed by atoms with Gasteiger partial charge in [-0.2, -0.15) is 0 Å². The number of nitrogens with one attached hydrogen (secondary N) is 1. The Morgan fingerprint density at radius 2 is 1.29 bits per heavy atom. The smallest absolute Gasteiger partial charge is 0.308 e. The average Bonchev–Trinajstić information content (AvgIpc) is 2.96. The second-order valence-electron chi connectivity index (χ2n) is 10.7. The number of carbonyl (C=O) groups is 2. The van der Waals surface area contributed by atoms with Crippen LogP contribution in [0.5, 0.6) is 17.2 Å². The Labute approximate surface area is 242 Å². The average molecular weight is 552 g/mol. The second-order valence-corrected chi connectivity index (χ2v) is 10.7. The number of Topliss-reactive ketones (excluding diaryl/α,β-unsaturated/α-hetero) is 1. The first-order chi connectivity index (χ1) is 19.7. The fourth-order valence-electron chi connectivity index (χ4n) is 4.67. The molecule has 0 bridgehead atoms. The Bertz CT molecular complexity index is 1430. The van der Waals surface area contributed by atoms with E-state index in [4.69, 9.17) is 14.2 Å². The number of esters is 1. The van der Waals surface area contributed by atoms with E-state index in [1.54, 1.807) is 30.3 Å². The molecular weight excluding hydrogens is 514 g/mol. The van der Waals surface area contributed by atoms with Gasteiger partial charge in [0, 0.05) is 18.0 Å². The molecule has 41 heavy (non-hydrogen) atoms. The van der Waals surface area contributed by atoms with Crippen LogP contribution in [0.15, 0.2) is 103 Å². The van der Waals surface area contributed by atoms with Gasteiger partial charge in [-0.3, -0.25) is 9.59 Å². The van der Waals surface area contributed by atoms with E-state index in [9.17, 15) is 9.59 Å². The Kier molecular flexibility index (Phi) is 9.93. The van der Waals surface area contributed by atoms with Crippen molar-refractivity contribution in [1.29, 1.82) is 0 Å². The van der Waals surface area contributed by atoms with Crippen LogP contribution >= 0.6 is 0 Å². The summed E-state index contributed by atoms with van der Waals surface area (Å²) in [6.45, 7) is 8.12. The monoisotopic (exact) mass is 551 g/mol. The molecule has 4 aromatic rings. The fourth-order valence-corrected chi connectivity index (χ4v) is 4.67. The third-order valence-corrected chi connectivity index (χ3v) is 6.53. The van der Waals surface area contributed by atoms with Crippen molar-refractivity contribution in [2.45, 2.75) is 58.9 Å². The van der Waals surface area contributed by atoms with E-state index >= 15 is 0 Å². The predicted octanol–water partition coefficient (Wildman–Crippen LogP) is 6.95. The summed E-state index contributed by atoms with van der Waals surface area (Å²) in [5.74, 6) is 1.23. The van der Waals surface area contributed by atoms with Crippen molar-refractivity contribution in [2.75, 3.05) is 0 Å². The Hall–Kier alpha value is -4.42. The van der Waals surface area contributed by atoms with Gasteiger partial charge in [0.15, 0.2) is 17.3 Å². The number of carbonyl (C=O) groups excluding carboxylic acids is 2. The lowest BCUT2D eigenvalue weighted by Gasteiger charge is -2.30. The van der Waals surface area contributed by atoms with Crippen LogP contribution in [-0.4, -0.2) is 23.3 Å². The predicted molar refractivity (Wildman–Crippen MR) is 160 cm³/mol. The summed E-state index contributed by atoms with van der Waals surface area (Å²) in [6, 6.07) is 32.2. The van der Waals surface area contributed by atoms with Crippen molar-refractivity contribution < 1.29 is 23.8 Å². The molecule has 4 aromatic carbocycles. The highest BCUT2D eigenvalue weighted by atomic mass is 16.5. The number of benzene rings is 4. The highest BCUT2D eigenvalue weighted by molar-refractivity contribution is 6.00. The van der Waals surface area contributed by atoms with Crippen LogP contribution in [0.4, 0.5) is 0 Å². The van der Waals surface area contributed by atoms with E-state index in [0.717, 1.165) is 16.7 Å². The van der Waals surface area contributed by atoms with Gasteiger partial charge in [0.2, 0.25) is 0 Å². The molecule has 6 nitrogen and oxygen atoms in total. The van der Waals surface area contributed by atoms with Gasteiger partial charge in [-0.25, -0.2) is 0 Å². The first kappa shape index (κ1) is 29.6. The molecule has 1 N–H and O–H groups in total. The third-order valence-electron chi connectivity index (χ3n) is 6.53.